The molecule has 12 atom stereocenters. The van der Waals surface area contributed by atoms with Gasteiger partial charge in [0.1, 0.15) is 42.9 Å². The molecule has 0 saturated carbocycles. The second-order valence-electron chi connectivity index (χ2n) is 27.5. The average Bonchev–Trinajstić information content (AvgIpc) is 0.793. The maximum Gasteiger partial charge on any atom is 0.409 e. The van der Waals surface area contributed by atoms with Crippen molar-refractivity contribution in [2.45, 2.75) is 165 Å². The molecule has 0 aromatic carbocycles. The van der Waals surface area contributed by atoms with Gasteiger partial charge in [-0.25, -0.2) is 23.5 Å². The van der Waals surface area contributed by atoms with Gasteiger partial charge in [0.25, 0.3) is 0 Å². The molecule has 3 fully saturated rings. The maximum absolute atomic E-state index is 15.1. The Labute approximate surface area is 659 Å². The summed E-state index contributed by atoms with van der Waals surface area (Å²) >= 11 is 0. The maximum atomic E-state index is 15.1. The van der Waals surface area contributed by atoms with Gasteiger partial charge in [0.05, 0.1) is 56.6 Å². The molecule has 113 heavy (non-hydrogen) atoms. The van der Waals surface area contributed by atoms with Gasteiger partial charge in [-0.05, 0) is 126 Å². The quantitative estimate of drug-likeness (QED) is 0.0116. The molecule has 9 amide bonds. The lowest BCUT2D eigenvalue weighted by Crippen LogP contribution is -2.60. The molecular formula is C64H126N30O17P2. The van der Waals surface area contributed by atoms with Crippen LogP contribution < -0.4 is 100 Å². The lowest BCUT2D eigenvalue weighted by atomic mass is 10.0. The molecule has 0 radical (unpaired) electrons. The zero-order valence-corrected chi connectivity index (χ0v) is 68.1. The summed E-state index contributed by atoms with van der Waals surface area (Å²) in [6.45, 7) is 5.99. The monoisotopic (exact) mass is 1650 g/mol. The van der Waals surface area contributed by atoms with E-state index in [9.17, 15) is 47.7 Å². The minimum atomic E-state index is -3.89. The summed E-state index contributed by atoms with van der Waals surface area (Å²) in [5.74, 6) is -7.30. The molecule has 0 aliphatic carbocycles. The van der Waals surface area contributed by atoms with Gasteiger partial charge in [-0.3, -0.25) is 77.4 Å². The zero-order valence-electron chi connectivity index (χ0n) is 66.3. The molecule has 3 aliphatic rings. The van der Waals surface area contributed by atoms with Crippen LogP contribution in [0.5, 0.6) is 0 Å². The number of nitrogens with zero attached hydrogens (tertiary/aromatic N) is 12. The minimum absolute atomic E-state index is 0.000881. The van der Waals surface area contributed by atoms with Crippen LogP contribution >= 0.6 is 15.3 Å². The van der Waals surface area contributed by atoms with Crippen molar-refractivity contribution in [1.82, 2.24) is 65.7 Å². The van der Waals surface area contributed by atoms with Crippen LogP contribution in [0.3, 0.4) is 0 Å². The van der Waals surface area contributed by atoms with Gasteiger partial charge in [0, 0.05) is 98.6 Å². The molecular weight excluding hydrogens is 1520 g/mol. The van der Waals surface area contributed by atoms with E-state index in [-0.39, 0.29) is 218 Å². The Balaban J connectivity index is 1.91. The Morgan fingerprint density at radius 1 is 0.451 bits per heavy atom. The number of hydrogen-bond acceptors (Lipinski definition) is 23. The molecule has 47 nitrogen and oxygen atoms in total. The number of rotatable bonds is 50. The smallest absolute Gasteiger partial charge is 0.409 e. The first kappa shape index (κ1) is 98.1. The van der Waals surface area contributed by atoms with Gasteiger partial charge in [0.2, 0.25) is 47.3 Å². The number of guanidine groups is 5. The number of ether oxygens (including phenoxy) is 3. The zero-order chi connectivity index (χ0) is 84.5. The Morgan fingerprint density at radius 3 is 1.12 bits per heavy atom. The van der Waals surface area contributed by atoms with E-state index in [1.54, 1.807) is 58.3 Å². The fourth-order valence-electron chi connectivity index (χ4n) is 12.0. The summed E-state index contributed by atoms with van der Waals surface area (Å²) in [4.78, 5) is 153. The van der Waals surface area contributed by atoms with Gasteiger partial charge < -0.3 is 138 Å². The van der Waals surface area contributed by atoms with Crippen molar-refractivity contribution in [2.75, 3.05) is 153 Å². The van der Waals surface area contributed by atoms with E-state index in [0.717, 1.165) is 0 Å². The number of nitrogens with one attached hydrogen (secondary N) is 7. The molecule has 0 spiro atoms. The third-order valence-corrected chi connectivity index (χ3v) is 22.6. The molecule has 0 aromatic rings. The molecule has 2 unspecified atom stereocenters. The Bertz CT molecular complexity index is 3340. The number of piperazine rings is 1. The number of nitrogens with two attached hydrogens (primary N) is 11. The van der Waals surface area contributed by atoms with Gasteiger partial charge >= 0.3 is 21.4 Å². The second kappa shape index (κ2) is 50.9. The fraction of sp³-hybridized carbons (Fsp3) is 0.766. The summed E-state index contributed by atoms with van der Waals surface area (Å²) in [5, 5.41) is 27.7. The molecule has 0 bridgehead atoms. The first-order valence-electron chi connectivity index (χ1n) is 37.4. The van der Waals surface area contributed by atoms with E-state index in [2.05, 4.69) is 67.2 Å². The van der Waals surface area contributed by atoms with Crippen LogP contribution in [0.25, 0.3) is 0 Å². The van der Waals surface area contributed by atoms with Crippen LogP contribution in [0.4, 0.5) is 4.79 Å². The number of aliphatic imine (C=N–C) groups is 6. The summed E-state index contributed by atoms with van der Waals surface area (Å²) in [6, 6.07) is -8.39. The number of amidine groups is 1. The van der Waals surface area contributed by atoms with Gasteiger partial charge in [-0.2, -0.15) is 0 Å². The lowest BCUT2D eigenvalue weighted by molar-refractivity contribution is -0.147. The topological polar surface area (TPSA) is 718 Å². The van der Waals surface area contributed by atoms with Crippen molar-refractivity contribution in [2.24, 2.45) is 93.0 Å². The normalized spacial score (nSPS) is 19.5. The predicted octanol–water partition coefficient (Wildman–Crippen LogP) is -7.72. The van der Waals surface area contributed by atoms with Crippen molar-refractivity contribution in [1.29, 1.82) is 0 Å². The van der Waals surface area contributed by atoms with Crippen molar-refractivity contribution in [3.05, 3.63) is 0 Å². The Kier molecular flexibility index (Phi) is 44.2. The highest BCUT2D eigenvalue weighted by molar-refractivity contribution is 7.54. The third kappa shape index (κ3) is 37.2. The molecule has 3 saturated heterocycles. The highest BCUT2D eigenvalue weighted by Gasteiger charge is 2.45. The molecule has 30 N–H and O–H groups in total. The van der Waals surface area contributed by atoms with Crippen LogP contribution in [0.2, 0.25) is 0 Å². The molecule has 49 heteroatoms. The number of amides is 9. The number of carbonyl (C=O) groups excluding carboxylic acids is 9. The summed E-state index contributed by atoms with van der Waals surface area (Å²) < 4.78 is 65.8. The lowest BCUT2D eigenvalue weighted by Gasteiger charge is -2.44. The number of aliphatic hydroxyl groups is 1. The van der Waals surface area contributed by atoms with E-state index >= 15 is 4.57 Å². The fourth-order valence-corrected chi connectivity index (χ4v) is 16.0. The van der Waals surface area contributed by atoms with Crippen LogP contribution in [0.15, 0.2) is 30.0 Å². The molecule has 3 rings (SSSR count). The highest BCUT2D eigenvalue weighted by Crippen LogP contribution is 2.55. The molecule has 3 aliphatic heterocycles. The third-order valence-electron chi connectivity index (χ3n) is 17.4. The van der Waals surface area contributed by atoms with Crippen LogP contribution in [0.1, 0.15) is 105 Å². The highest BCUT2D eigenvalue weighted by atomic mass is 31.2. The summed E-state index contributed by atoms with van der Waals surface area (Å²) in [7, 11) is -1.17. The predicted molar refractivity (Wildman–Crippen MR) is 424 cm³/mol. The number of aliphatic hydroxyl groups excluding tert-OH is 1. The molecule has 0 aromatic heterocycles. The Morgan fingerprint density at radius 2 is 0.779 bits per heavy atom. The van der Waals surface area contributed by atoms with E-state index in [1.165, 1.54) is 26.1 Å². The Hall–Kier alpha value is -9.05. The summed E-state index contributed by atoms with van der Waals surface area (Å²) in [5.41, 5.74) is 61.8. The molecule has 644 valence electrons. The van der Waals surface area contributed by atoms with E-state index in [1.807, 2.05) is 0 Å². The van der Waals surface area contributed by atoms with E-state index in [4.69, 9.17) is 91.4 Å². The number of carbonyl (C=O) groups is 9. The van der Waals surface area contributed by atoms with E-state index in [0.29, 0.717) is 12.3 Å². The summed E-state index contributed by atoms with van der Waals surface area (Å²) in [6.07, 6.45) is -3.08. The van der Waals surface area contributed by atoms with Gasteiger partial charge in [-0.15, -0.1) is 0 Å². The second-order valence-corrected chi connectivity index (χ2v) is 32.7. The first-order valence-corrected chi connectivity index (χ1v) is 40.4. The van der Waals surface area contributed by atoms with Crippen molar-refractivity contribution in [3.8, 4) is 0 Å². The van der Waals surface area contributed by atoms with Gasteiger partial charge in [0.15, 0.2) is 29.8 Å². The van der Waals surface area contributed by atoms with Crippen molar-refractivity contribution >= 4 is 104 Å². The first-order chi connectivity index (χ1) is 53.3. The largest absolute Gasteiger partial charge is 0.447 e. The SMILES string of the molecule is CC(=O)N[C@@H](CCCN=C(C)N)C(=O)N[C@@H](CCCN=C(N)N)C(=O)N[C@@H](CCCN=C(N)N)C(=O)N[C@@H](CCCN=C(N)N)C(=O)N[C@@H](CCCN=C(N)N)C(=O)N[C@@H](CCCN=C(N)N)C(=O)NCC(=O)N1C[C@@H](COP(=O)(N(C)C)N2C[C@@H](COP(=O)(N(C)C)N3CCN(C(=O)OCCO)CC3)O[C@@H](C)C2)O[C@@H](C)C1. The van der Waals surface area contributed by atoms with Crippen LogP contribution in [-0.2, 0) is 70.7 Å². The van der Waals surface area contributed by atoms with E-state index < -0.39 is 136 Å². The van der Waals surface area contributed by atoms with Crippen LogP contribution in [-0.4, -0.2) is 336 Å². The molecule has 3 heterocycles. The van der Waals surface area contributed by atoms with Gasteiger partial charge in [-0.1, -0.05) is 0 Å². The number of hydrogen-bond donors (Lipinski definition) is 19. The average molecular weight is 1650 g/mol. The van der Waals surface area contributed by atoms with Crippen molar-refractivity contribution in [3.63, 3.8) is 0 Å². The van der Waals surface area contributed by atoms with Crippen molar-refractivity contribution < 1.29 is 80.6 Å². The standard InChI is InChI=1S/C64H126N30O17P2/c1-40-34-92(36-44(110-40)38-109-113(106,90(7)8)94-35-41(2)111-45(37-94)39-108-112(105,89(5)6)93-29-27-91(28-30-93)64(104)107-32-31-95)52(97)33-82-53(98)46(15-10-22-77-59(66)67)84-55(100)48(17-11-23-78-60(68)69)86-57(102)50(19-13-25-80-62(72)73)88-58(103)51(20-14-26-81-63(74)75)87-56(101)49(18-12-24-79-61(70)71)85-54(99)47(83-43(4)96)16-9-21-76-42(3)65/h40-41,44-51,95H,9-39H2,1-8H3,(H2,65,76)(H,82,98)(H,83,96)(H,84,100)(H,85,99)(H,86,102)(H,87,101)(H,88,103)(H4,66,67,77)(H4,68,69,78)(H4,70,71,79)(H4,72,73,80)(H4,74,75,81)/t40-,41-,44-,45-,46-,47-,48-,49-,50-,51-,112?,113?/m0/s1. The minimum Gasteiger partial charge on any atom is -0.447 e. The number of morpholine rings is 2. The van der Waals surface area contributed by atoms with Crippen LogP contribution in [0, 0.1) is 0 Å².